The predicted octanol–water partition coefficient (Wildman–Crippen LogP) is 6.41. The van der Waals surface area contributed by atoms with E-state index in [1.165, 1.54) is 19.6 Å². The lowest BCUT2D eigenvalue weighted by atomic mass is 9.78. The second-order valence-corrected chi connectivity index (χ2v) is 18.1. The molecule has 0 aliphatic carbocycles. The number of carbonyl (C=O) groups is 2. The van der Waals surface area contributed by atoms with Gasteiger partial charge in [0.2, 0.25) is 5.91 Å². The second-order valence-electron chi connectivity index (χ2n) is 15.6. The fourth-order valence-electron chi connectivity index (χ4n) is 8.03. The Labute approximate surface area is 345 Å². The third kappa shape index (κ3) is 14.3. The molecule has 57 heavy (non-hydrogen) atoms. The Morgan fingerprint density at radius 1 is 1.07 bits per heavy atom. The van der Waals surface area contributed by atoms with E-state index in [-0.39, 0.29) is 24.2 Å². The van der Waals surface area contributed by atoms with Crippen molar-refractivity contribution in [2.75, 3.05) is 37.6 Å². The van der Waals surface area contributed by atoms with Crippen LogP contribution in [-0.2, 0) is 40.1 Å². The standard InChI is InChI=1S/C43H60N6O6S2/c1-30(50)55-37-15-14-33-20-35(41(53)38(21-33)54-2)26-49-28-43(25-40(49)52,24-34-16-18-46-39(44)22-34)17-19-47-42(45)48-29-57-56-27-32(10-6-7-11-36(51)23-37)13-12-31-8-4-3-5-9-31/h3-5,8-9,16,18,20-22,32,36-37,51,53H,6-7,10-15,17,19,23-29H2,1-2H3,(H2,44,46)(H3,45,47,48)/t32-,36+,37-,43+/m1/s1. The van der Waals surface area contributed by atoms with Gasteiger partial charge < -0.3 is 41.4 Å². The number of nitrogens with one attached hydrogen (secondary N) is 1. The number of aromatic nitrogens is 1. The van der Waals surface area contributed by atoms with Crippen LogP contribution in [0.1, 0.15) is 87.0 Å². The minimum atomic E-state index is -0.604. The molecule has 14 heteroatoms. The number of aliphatic hydroxyl groups excluding tert-OH is 1. The maximum atomic E-state index is 13.8. The van der Waals surface area contributed by atoms with Gasteiger partial charge in [0.15, 0.2) is 17.5 Å². The van der Waals surface area contributed by atoms with Crippen LogP contribution in [0.5, 0.6) is 11.5 Å². The molecule has 1 aromatic heterocycles. The highest BCUT2D eigenvalue weighted by Crippen LogP contribution is 2.41. The number of hydrogen-bond donors (Lipinski definition) is 5. The number of amides is 1. The number of benzene rings is 2. The van der Waals surface area contributed by atoms with Crippen LogP contribution in [0.2, 0.25) is 0 Å². The number of guanidine groups is 1. The van der Waals surface area contributed by atoms with Gasteiger partial charge in [0.1, 0.15) is 11.9 Å². The first kappa shape index (κ1) is 44.0. The fourth-order valence-corrected chi connectivity index (χ4v) is 10.2. The summed E-state index contributed by atoms with van der Waals surface area (Å²) in [6.07, 6.45) is 9.21. The summed E-state index contributed by atoms with van der Waals surface area (Å²) >= 11 is 0. The van der Waals surface area contributed by atoms with Crippen molar-refractivity contribution in [3.05, 3.63) is 83.0 Å². The summed E-state index contributed by atoms with van der Waals surface area (Å²) in [4.78, 5) is 36.4. The van der Waals surface area contributed by atoms with Crippen LogP contribution in [0.15, 0.2) is 65.8 Å². The summed E-state index contributed by atoms with van der Waals surface area (Å²) in [6.45, 7) is 2.58. The maximum absolute atomic E-state index is 13.8. The number of ether oxygens (including phenoxy) is 2. The van der Waals surface area contributed by atoms with Gasteiger partial charge >= 0.3 is 5.97 Å². The van der Waals surface area contributed by atoms with Gasteiger partial charge in [-0.3, -0.25) is 9.59 Å². The van der Waals surface area contributed by atoms with Crippen LogP contribution < -0.4 is 21.5 Å². The average molecular weight is 821 g/mol. The minimum Gasteiger partial charge on any atom is -0.504 e. The smallest absolute Gasteiger partial charge is 0.302 e. The van der Waals surface area contributed by atoms with Crippen molar-refractivity contribution in [1.82, 2.24) is 15.2 Å². The molecule has 2 aliphatic heterocycles. The molecule has 7 N–H and O–H groups in total. The van der Waals surface area contributed by atoms with E-state index in [0.29, 0.717) is 92.9 Å². The number of methoxy groups -OCH3 is 1. The maximum Gasteiger partial charge on any atom is 0.302 e. The number of phenolic OH excluding ortho intramolecular Hbond substituents is 1. The summed E-state index contributed by atoms with van der Waals surface area (Å²) in [6, 6.07) is 18.0. The average Bonchev–Trinajstić information content (AvgIpc) is 3.48. The van der Waals surface area contributed by atoms with Crippen LogP contribution in [0.25, 0.3) is 0 Å². The van der Waals surface area contributed by atoms with Crippen molar-refractivity contribution in [3.63, 3.8) is 0 Å². The van der Waals surface area contributed by atoms with E-state index in [0.717, 1.165) is 49.0 Å². The van der Waals surface area contributed by atoms with Gasteiger partial charge in [0.25, 0.3) is 0 Å². The lowest BCUT2D eigenvalue weighted by Gasteiger charge is -2.29. The summed E-state index contributed by atoms with van der Waals surface area (Å²) in [5.74, 6) is 2.71. The molecular weight excluding hydrogens is 761 g/mol. The largest absolute Gasteiger partial charge is 0.504 e. The van der Waals surface area contributed by atoms with Gasteiger partial charge in [-0.15, -0.1) is 0 Å². The number of nitrogen functional groups attached to an aromatic ring is 1. The van der Waals surface area contributed by atoms with E-state index in [4.69, 9.17) is 20.9 Å². The molecule has 0 spiro atoms. The number of hydrogen-bond acceptors (Lipinski definition) is 13. The van der Waals surface area contributed by atoms with E-state index < -0.39 is 17.6 Å². The molecule has 5 rings (SSSR count). The zero-order valence-electron chi connectivity index (χ0n) is 33.4. The van der Waals surface area contributed by atoms with Gasteiger partial charge in [-0.05, 0) is 92.2 Å². The van der Waals surface area contributed by atoms with Gasteiger partial charge in [-0.1, -0.05) is 70.8 Å². The summed E-state index contributed by atoms with van der Waals surface area (Å²) in [7, 11) is 5.01. The number of anilines is 1. The van der Waals surface area contributed by atoms with Gasteiger partial charge in [-0.25, -0.2) is 9.98 Å². The van der Waals surface area contributed by atoms with Crippen LogP contribution in [0, 0.1) is 11.3 Å². The summed E-state index contributed by atoms with van der Waals surface area (Å²) in [5, 5.41) is 25.6. The third-order valence-electron chi connectivity index (χ3n) is 11.0. The monoisotopic (exact) mass is 820 g/mol. The number of fused-ring (bicyclic) bond motifs is 4. The lowest BCUT2D eigenvalue weighted by Crippen LogP contribution is -2.37. The molecule has 3 heterocycles. The highest BCUT2D eigenvalue weighted by Gasteiger charge is 2.43. The first-order valence-corrected chi connectivity index (χ1v) is 22.5. The molecule has 12 nitrogen and oxygen atoms in total. The number of carbonyl (C=O) groups excluding carboxylic acids is 2. The molecule has 0 unspecified atom stereocenters. The number of rotatable bonds is 7. The minimum absolute atomic E-state index is 0.0146. The number of pyridine rings is 1. The molecule has 0 radical (unpaired) electrons. The molecule has 1 saturated heterocycles. The first-order valence-electron chi connectivity index (χ1n) is 20.0. The molecule has 310 valence electrons. The first-order chi connectivity index (χ1) is 27.5. The third-order valence-corrected chi connectivity index (χ3v) is 13.2. The van der Waals surface area contributed by atoms with Crippen molar-refractivity contribution in [2.24, 2.45) is 22.1 Å². The van der Waals surface area contributed by atoms with E-state index in [1.54, 1.807) is 28.0 Å². The van der Waals surface area contributed by atoms with Crippen LogP contribution >= 0.6 is 21.6 Å². The van der Waals surface area contributed by atoms with Gasteiger partial charge in [-0.2, -0.15) is 0 Å². The zero-order valence-corrected chi connectivity index (χ0v) is 35.0. The lowest BCUT2D eigenvalue weighted by molar-refractivity contribution is -0.148. The van der Waals surface area contributed by atoms with Crippen LogP contribution in [0.4, 0.5) is 5.82 Å². The normalized spacial score (nSPS) is 23.6. The van der Waals surface area contributed by atoms with Crippen molar-refractivity contribution in [1.29, 1.82) is 0 Å². The number of aromatic hydroxyl groups is 1. The highest BCUT2D eigenvalue weighted by atomic mass is 33.1. The molecule has 2 aliphatic rings. The summed E-state index contributed by atoms with van der Waals surface area (Å²) < 4.78 is 11.3. The quantitative estimate of drug-likeness (QED) is 0.131. The van der Waals surface area contributed by atoms with Crippen molar-refractivity contribution in [3.8, 4) is 11.5 Å². The van der Waals surface area contributed by atoms with Gasteiger partial charge in [0, 0.05) is 62.3 Å². The van der Waals surface area contributed by atoms with E-state index >= 15 is 0 Å². The topological polar surface area (TPSA) is 186 Å². The number of phenols is 1. The number of aryl methyl sites for hydroxylation is 2. The zero-order chi connectivity index (χ0) is 40.6. The van der Waals surface area contributed by atoms with Crippen LogP contribution in [0.3, 0.4) is 0 Å². The Hall–Kier alpha value is -4.14. The number of aliphatic imine (C=N–C) groups is 1. The Morgan fingerprint density at radius 3 is 2.65 bits per heavy atom. The van der Waals surface area contributed by atoms with Crippen molar-refractivity contribution >= 4 is 45.2 Å². The molecular formula is C43H60N6O6S2. The fraction of sp³-hybridized carbons (Fsp3) is 0.535. The van der Waals surface area contributed by atoms with Crippen molar-refractivity contribution in [2.45, 2.75) is 103 Å². The predicted molar refractivity (Wildman–Crippen MR) is 230 cm³/mol. The molecule has 4 atom stereocenters. The van der Waals surface area contributed by atoms with Crippen molar-refractivity contribution < 1.29 is 29.3 Å². The Kier molecular flexibility index (Phi) is 17.1. The molecule has 3 aromatic rings. The van der Waals surface area contributed by atoms with Gasteiger partial charge in [0.05, 0.1) is 19.1 Å². The molecule has 2 aromatic carbocycles. The molecule has 1 fully saturated rings. The Balaban J connectivity index is 1.35. The van der Waals surface area contributed by atoms with Crippen LogP contribution in [-0.4, -0.2) is 82.0 Å². The number of esters is 1. The number of aliphatic hydroxyl groups is 1. The van der Waals surface area contributed by atoms with E-state index in [1.807, 2.05) is 35.1 Å². The Morgan fingerprint density at radius 2 is 1.88 bits per heavy atom. The van der Waals surface area contributed by atoms with E-state index in [9.17, 15) is 19.8 Å². The molecule has 4 bridgehead atoms. The van der Waals surface area contributed by atoms with E-state index in [2.05, 4.69) is 39.6 Å². The molecule has 1 amide bonds. The highest BCUT2D eigenvalue weighted by molar-refractivity contribution is 8.76. The second kappa shape index (κ2) is 22.1. The molecule has 0 saturated carbocycles. The number of nitrogens with zero attached hydrogens (tertiary/aromatic N) is 3. The SMILES string of the molecule is COc1cc2cc(c1O)CN1C[C@](Cc3ccnc(N)c3)(CCNC(N)=NCSSC[C@@H](CCc3ccccc3)CCCC[C@H](O)C[C@H](OC(C)=O)CC2)CC1=O. The number of nitrogens with two attached hydrogens (primary N) is 2. The summed E-state index contributed by atoms with van der Waals surface area (Å²) in [5.41, 5.74) is 15.7. The Bertz CT molecular complexity index is 1780.